The summed E-state index contributed by atoms with van der Waals surface area (Å²) in [6.45, 7) is 0.00688. The number of nitrogens with zero attached hydrogens (tertiary/aromatic N) is 2. The van der Waals surface area contributed by atoms with Crippen molar-refractivity contribution in [1.29, 1.82) is 0 Å². The summed E-state index contributed by atoms with van der Waals surface area (Å²) in [5.41, 5.74) is -0.869. The van der Waals surface area contributed by atoms with Crippen LogP contribution < -0.4 is 15.4 Å². The van der Waals surface area contributed by atoms with E-state index in [4.69, 9.17) is 4.74 Å². The van der Waals surface area contributed by atoms with Crippen molar-refractivity contribution in [3.63, 3.8) is 0 Å². The van der Waals surface area contributed by atoms with E-state index in [9.17, 15) is 14.7 Å². The number of hydrogen-bond acceptors (Lipinski definition) is 5. The Balaban J connectivity index is 1.82. The van der Waals surface area contributed by atoms with Crippen LogP contribution in [0, 0.1) is 0 Å². The fourth-order valence-corrected chi connectivity index (χ4v) is 3.11. The number of imide groups is 1. The predicted molar refractivity (Wildman–Crippen MR) is 87.1 cm³/mol. The fraction of sp³-hybridized carbons (Fsp3) is 0.188. The summed E-state index contributed by atoms with van der Waals surface area (Å²) < 4.78 is 6.69. The van der Waals surface area contributed by atoms with Crippen LogP contribution in [0.1, 0.15) is 5.56 Å². The topological polar surface area (TPSA) is 121 Å². The lowest BCUT2D eigenvalue weighted by Gasteiger charge is -2.25. The van der Waals surface area contributed by atoms with Crippen LogP contribution in [0.25, 0.3) is 10.8 Å². The molecule has 9 heteroatoms. The number of ether oxygens (including phenoxy) is 1. The highest BCUT2D eigenvalue weighted by molar-refractivity contribution is 6.07. The lowest BCUT2D eigenvalue weighted by Crippen LogP contribution is -2.47. The quantitative estimate of drug-likeness (QED) is 0.523. The molecule has 3 heterocycles. The van der Waals surface area contributed by atoms with Crippen LogP contribution in [0.2, 0.25) is 0 Å². The molecular formula is C16H15N5O4. The molecule has 2 aromatic heterocycles. The van der Waals surface area contributed by atoms with Gasteiger partial charge in [0.1, 0.15) is 5.75 Å². The lowest BCUT2D eigenvalue weighted by molar-refractivity contribution is -0.124. The molecule has 0 aliphatic carbocycles. The molecule has 1 aliphatic rings. The monoisotopic (exact) mass is 341 g/mol. The number of aromatic nitrogens is 3. The van der Waals surface area contributed by atoms with Gasteiger partial charge in [-0.3, -0.25) is 15.2 Å². The van der Waals surface area contributed by atoms with Crippen LogP contribution >= 0.6 is 0 Å². The van der Waals surface area contributed by atoms with E-state index in [1.165, 1.54) is 17.0 Å². The van der Waals surface area contributed by atoms with Crippen molar-refractivity contribution < 1.29 is 19.4 Å². The predicted octanol–water partition coefficient (Wildman–Crippen LogP) is 0.814. The Morgan fingerprint density at radius 3 is 2.84 bits per heavy atom. The highest BCUT2D eigenvalue weighted by Crippen LogP contribution is 2.34. The average molecular weight is 341 g/mol. The van der Waals surface area contributed by atoms with E-state index in [0.717, 1.165) is 5.39 Å². The van der Waals surface area contributed by atoms with Gasteiger partial charge in [-0.15, -0.1) is 0 Å². The van der Waals surface area contributed by atoms with Gasteiger partial charge in [0, 0.05) is 28.7 Å². The molecule has 0 radical (unpaired) electrons. The van der Waals surface area contributed by atoms with Crippen molar-refractivity contribution in [3.8, 4) is 11.6 Å². The Kier molecular flexibility index (Phi) is 3.17. The Morgan fingerprint density at radius 2 is 2.20 bits per heavy atom. The molecular weight excluding hydrogens is 326 g/mol. The molecule has 0 bridgehead atoms. The Hall–Kier alpha value is -3.49. The third-order valence-corrected chi connectivity index (χ3v) is 4.41. The highest BCUT2D eigenvalue weighted by Gasteiger charge is 2.49. The Morgan fingerprint density at radius 1 is 1.36 bits per heavy atom. The second kappa shape index (κ2) is 5.26. The highest BCUT2D eigenvalue weighted by atomic mass is 16.5. The molecule has 3 aromatic rings. The molecule has 1 aliphatic heterocycles. The van der Waals surface area contributed by atoms with Crippen LogP contribution in [-0.4, -0.2) is 38.9 Å². The third-order valence-electron chi connectivity index (χ3n) is 4.41. The number of urea groups is 1. The first-order valence-corrected chi connectivity index (χ1v) is 7.52. The largest absolute Gasteiger partial charge is 0.497 e. The number of fused-ring (bicyclic) bond motifs is 1. The molecule has 0 unspecified atom stereocenters. The number of benzene rings is 1. The van der Waals surface area contributed by atoms with Crippen molar-refractivity contribution >= 4 is 22.7 Å². The molecule has 128 valence electrons. The van der Waals surface area contributed by atoms with Gasteiger partial charge >= 0.3 is 6.03 Å². The lowest BCUT2D eigenvalue weighted by atomic mass is 9.92. The first kappa shape index (κ1) is 15.1. The summed E-state index contributed by atoms with van der Waals surface area (Å²) in [5, 5.41) is 23.3. The van der Waals surface area contributed by atoms with E-state index in [1.807, 2.05) is 6.07 Å². The standard InChI is InChI=1S/C16H15N5O4/c1-25-11-3-2-9-7-21(13(22)12(9)4-11)8-16(10-5-17-18-6-10)14(23)19-15(24)20-16/h2-7,22H,8H2,1H3,(H,17,18)(H2,19,20,23,24)/t16-/m0/s1. The zero-order chi connectivity index (χ0) is 17.6. The second-order valence-corrected chi connectivity index (χ2v) is 5.83. The molecule has 1 atom stereocenters. The maximum atomic E-state index is 12.5. The number of H-pyrrole nitrogens is 1. The minimum atomic E-state index is -1.36. The van der Waals surface area contributed by atoms with Gasteiger partial charge in [0.2, 0.25) is 0 Å². The van der Waals surface area contributed by atoms with Crippen LogP contribution in [0.3, 0.4) is 0 Å². The first-order valence-electron chi connectivity index (χ1n) is 7.52. The minimum Gasteiger partial charge on any atom is -0.497 e. The maximum absolute atomic E-state index is 12.5. The van der Waals surface area contributed by atoms with E-state index in [2.05, 4.69) is 20.8 Å². The summed E-state index contributed by atoms with van der Waals surface area (Å²) in [5.74, 6) is 0.0800. The van der Waals surface area contributed by atoms with Gasteiger partial charge in [-0.05, 0) is 18.2 Å². The van der Waals surface area contributed by atoms with Crippen molar-refractivity contribution in [1.82, 2.24) is 25.4 Å². The summed E-state index contributed by atoms with van der Waals surface area (Å²) >= 11 is 0. The first-order chi connectivity index (χ1) is 12.0. The molecule has 1 saturated heterocycles. The smallest absolute Gasteiger partial charge is 0.322 e. The maximum Gasteiger partial charge on any atom is 0.322 e. The van der Waals surface area contributed by atoms with Crippen molar-refractivity contribution in [2.45, 2.75) is 12.1 Å². The average Bonchev–Trinajstić information content (AvgIpc) is 3.29. The number of methoxy groups -OCH3 is 1. The SMILES string of the molecule is COc1ccc2cn(C[C@@]3(c4cn[nH]c4)NC(=O)NC3=O)c(O)c2c1. The van der Waals surface area contributed by atoms with Crippen LogP contribution in [0.5, 0.6) is 11.6 Å². The Bertz CT molecular complexity index is 978. The molecule has 4 N–H and O–H groups in total. The van der Waals surface area contributed by atoms with E-state index in [0.29, 0.717) is 16.7 Å². The molecule has 0 spiro atoms. The van der Waals surface area contributed by atoms with E-state index >= 15 is 0 Å². The number of aromatic amines is 1. The summed E-state index contributed by atoms with van der Waals surface area (Å²) in [4.78, 5) is 24.2. The zero-order valence-electron chi connectivity index (χ0n) is 13.2. The van der Waals surface area contributed by atoms with E-state index in [1.54, 1.807) is 25.4 Å². The summed E-state index contributed by atoms with van der Waals surface area (Å²) in [6.07, 6.45) is 4.71. The molecule has 9 nitrogen and oxygen atoms in total. The van der Waals surface area contributed by atoms with Gasteiger partial charge < -0.3 is 19.7 Å². The Labute approximate surface area is 141 Å². The van der Waals surface area contributed by atoms with Gasteiger partial charge in [0.05, 0.1) is 19.9 Å². The molecule has 0 saturated carbocycles. The van der Waals surface area contributed by atoms with E-state index < -0.39 is 17.5 Å². The van der Waals surface area contributed by atoms with Crippen molar-refractivity contribution in [2.24, 2.45) is 0 Å². The summed E-state index contributed by atoms with van der Waals surface area (Å²) in [6, 6.07) is 4.70. The number of carbonyl (C=O) groups is 2. The van der Waals surface area contributed by atoms with Gasteiger partial charge in [0.15, 0.2) is 11.4 Å². The number of carbonyl (C=O) groups excluding carboxylic acids is 2. The molecule has 1 fully saturated rings. The number of aromatic hydroxyl groups is 1. The van der Waals surface area contributed by atoms with Crippen LogP contribution in [-0.2, 0) is 16.9 Å². The van der Waals surface area contributed by atoms with Crippen LogP contribution in [0.15, 0.2) is 36.8 Å². The third kappa shape index (κ3) is 2.20. The van der Waals surface area contributed by atoms with Gasteiger partial charge in [-0.2, -0.15) is 5.10 Å². The number of rotatable bonds is 4. The van der Waals surface area contributed by atoms with Gasteiger partial charge in [-0.25, -0.2) is 4.79 Å². The fourth-order valence-electron chi connectivity index (χ4n) is 3.11. The number of amides is 3. The minimum absolute atomic E-state index is 0.00688. The van der Waals surface area contributed by atoms with E-state index in [-0.39, 0.29) is 12.4 Å². The second-order valence-electron chi connectivity index (χ2n) is 5.83. The van der Waals surface area contributed by atoms with Crippen molar-refractivity contribution in [3.05, 3.63) is 42.4 Å². The number of nitrogens with one attached hydrogen (secondary N) is 3. The van der Waals surface area contributed by atoms with Gasteiger partial charge in [0.25, 0.3) is 5.91 Å². The van der Waals surface area contributed by atoms with Gasteiger partial charge in [-0.1, -0.05) is 0 Å². The van der Waals surface area contributed by atoms with Crippen LogP contribution in [0.4, 0.5) is 4.79 Å². The van der Waals surface area contributed by atoms with Crippen molar-refractivity contribution in [2.75, 3.05) is 7.11 Å². The number of hydrogen-bond donors (Lipinski definition) is 4. The molecule has 25 heavy (non-hydrogen) atoms. The summed E-state index contributed by atoms with van der Waals surface area (Å²) in [7, 11) is 1.54. The molecule has 3 amide bonds. The molecule has 4 rings (SSSR count). The molecule has 1 aromatic carbocycles. The zero-order valence-corrected chi connectivity index (χ0v) is 13.2. The normalized spacial score (nSPS) is 19.9.